The molecule has 11 heavy (non-hydrogen) atoms. The summed E-state index contributed by atoms with van der Waals surface area (Å²) in [6.07, 6.45) is 1.85. The average molecular weight is 156 g/mol. The van der Waals surface area contributed by atoms with E-state index in [1.54, 1.807) is 0 Å². The molecule has 0 amide bonds. The molecular weight excluding hydrogens is 140 g/mol. The Balaban J connectivity index is 2.25. The quantitative estimate of drug-likeness (QED) is 0.348. The molecule has 1 fully saturated rings. The number of hydrogen-bond acceptors (Lipinski definition) is 3. The third-order valence-electron chi connectivity index (χ3n) is 1.70. The number of epoxide rings is 1. The van der Waals surface area contributed by atoms with Crippen molar-refractivity contribution in [2.24, 2.45) is 5.10 Å². The maximum atomic E-state index is 5.27. The molecule has 3 heteroatoms. The van der Waals surface area contributed by atoms with Gasteiger partial charge in [0.05, 0.1) is 12.2 Å². The number of hydrazone groups is 1. The van der Waals surface area contributed by atoms with Gasteiger partial charge in [-0.05, 0) is 13.8 Å². The van der Waals surface area contributed by atoms with Gasteiger partial charge in [0.25, 0.3) is 0 Å². The molecule has 64 valence electrons. The number of ether oxygens (including phenoxy) is 1. The largest absolute Gasteiger partial charge is 0.369 e. The number of hydrogen-bond donors (Lipinski definition) is 0. The summed E-state index contributed by atoms with van der Waals surface area (Å²) in [7, 11) is 3.86. The predicted octanol–water partition coefficient (Wildman–Crippen LogP) is 1.10. The van der Waals surface area contributed by atoms with Crippen molar-refractivity contribution < 1.29 is 4.74 Å². The first-order valence-electron chi connectivity index (χ1n) is 3.96. The third kappa shape index (κ3) is 2.89. The van der Waals surface area contributed by atoms with Crippen molar-refractivity contribution >= 4 is 5.71 Å². The molecule has 1 aliphatic rings. The molecule has 0 saturated carbocycles. The van der Waals surface area contributed by atoms with Crippen LogP contribution in [0.2, 0.25) is 0 Å². The summed E-state index contributed by atoms with van der Waals surface area (Å²) in [5, 5.41) is 6.08. The van der Waals surface area contributed by atoms with Crippen LogP contribution in [0.1, 0.15) is 20.3 Å². The van der Waals surface area contributed by atoms with Crippen LogP contribution in [0, 0.1) is 0 Å². The van der Waals surface area contributed by atoms with Gasteiger partial charge in [0.2, 0.25) is 0 Å². The van der Waals surface area contributed by atoms with Crippen molar-refractivity contribution in [2.75, 3.05) is 14.1 Å². The minimum absolute atomic E-state index is 0.429. The van der Waals surface area contributed by atoms with Crippen LogP contribution in [0.5, 0.6) is 0 Å². The molecular formula is C8H16N2O. The van der Waals surface area contributed by atoms with E-state index in [2.05, 4.69) is 12.0 Å². The highest BCUT2D eigenvalue weighted by Crippen LogP contribution is 2.24. The molecule has 1 rings (SSSR count). The van der Waals surface area contributed by atoms with Gasteiger partial charge >= 0.3 is 0 Å². The van der Waals surface area contributed by atoms with Crippen molar-refractivity contribution in [1.29, 1.82) is 0 Å². The molecule has 0 radical (unpaired) electrons. The second kappa shape index (κ2) is 3.22. The van der Waals surface area contributed by atoms with Crippen LogP contribution in [0.15, 0.2) is 5.10 Å². The van der Waals surface area contributed by atoms with Gasteiger partial charge in [-0.3, -0.25) is 0 Å². The topological polar surface area (TPSA) is 28.1 Å². The second-order valence-corrected chi connectivity index (χ2v) is 3.27. The number of rotatable bonds is 3. The van der Waals surface area contributed by atoms with Crippen LogP contribution >= 0.6 is 0 Å². The maximum Gasteiger partial charge on any atom is 0.0891 e. The molecule has 3 nitrogen and oxygen atoms in total. The standard InChI is InChI=1S/C8H16N2O/c1-6(9-10(3)4)5-8-7(2)11-8/h7-8H,5H2,1-4H3. The van der Waals surface area contributed by atoms with E-state index < -0.39 is 0 Å². The lowest BCUT2D eigenvalue weighted by Gasteiger charge is -2.05. The summed E-state index contributed by atoms with van der Waals surface area (Å²) in [5.41, 5.74) is 1.14. The molecule has 1 aliphatic heterocycles. The van der Waals surface area contributed by atoms with Gasteiger partial charge in [-0.15, -0.1) is 0 Å². The van der Waals surface area contributed by atoms with Gasteiger partial charge in [0.1, 0.15) is 0 Å². The van der Waals surface area contributed by atoms with Gasteiger partial charge in [0, 0.05) is 26.2 Å². The first-order valence-corrected chi connectivity index (χ1v) is 3.96. The summed E-state index contributed by atoms with van der Waals surface area (Å²) >= 11 is 0. The van der Waals surface area contributed by atoms with E-state index in [9.17, 15) is 0 Å². The molecule has 0 bridgehead atoms. The highest BCUT2D eigenvalue weighted by Gasteiger charge is 2.34. The highest BCUT2D eigenvalue weighted by molar-refractivity contribution is 5.82. The van der Waals surface area contributed by atoms with Gasteiger partial charge in [-0.1, -0.05) is 0 Å². The van der Waals surface area contributed by atoms with E-state index in [4.69, 9.17) is 4.74 Å². The Hall–Kier alpha value is -0.570. The van der Waals surface area contributed by atoms with Crippen LogP contribution < -0.4 is 0 Å². The van der Waals surface area contributed by atoms with Gasteiger partial charge in [-0.2, -0.15) is 5.10 Å². The van der Waals surface area contributed by atoms with Crippen LogP contribution in [-0.2, 0) is 4.74 Å². The molecule has 0 aromatic carbocycles. The zero-order valence-corrected chi connectivity index (χ0v) is 7.66. The second-order valence-electron chi connectivity index (χ2n) is 3.27. The van der Waals surface area contributed by atoms with Crippen LogP contribution in [0.3, 0.4) is 0 Å². The summed E-state index contributed by atoms with van der Waals surface area (Å²) in [6, 6.07) is 0. The monoisotopic (exact) mass is 156 g/mol. The van der Waals surface area contributed by atoms with Gasteiger partial charge in [-0.25, -0.2) is 0 Å². The Morgan fingerprint density at radius 1 is 1.55 bits per heavy atom. The Morgan fingerprint density at radius 2 is 2.09 bits per heavy atom. The third-order valence-corrected chi connectivity index (χ3v) is 1.70. The minimum Gasteiger partial charge on any atom is -0.369 e. The fraction of sp³-hybridized carbons (Fsp3) is 0.875. The molecule has 2 unspecified atom stereocenters. The summed E-state index contributed by atoms with van der Waals surface area (Å²) in [5.74, 6) is 0. The van der Waals surface area contributed by atoms with Crippen molar-refractivity contribution in [2.45, 2.75) is 32.5 Å². The van der Waals surface area contributed by atoms with Crippen LogP contribution in [0.25, 0.3) is 0 Å². The lowest BCUT2D eigenvalue weighted by Crippen LogP contribution is -2.08. The fourth-order valence-corrected chi connectivity index (χ4v) is 1.12. The van der Waals surface area contributed by atoms with Crippen LogP contribution in [0.4, 0.5) is 0 Å². The number of nitrogens with zero attached hydrogens (tertiary/aromatic N) is 2. The Morgan fingerprint density at radius 3 is 2.45 bits per heavy atom. The summed E-state index contributed by atoms with van der Waals surface area (Å²) < 4.78 is 5.27. The van der Waals surface area contributed by atoms with E-state index in [0.29, 0.717) is 12.2 Å². The molecule has 1 saturated heterocycles. The lowest BCUT2D eigenvalue weighted by atomic mass is 10.2. The Labute approximate surface area is 68.0 Å². The highest BCUT2D eigenvalue weighted by atomic mass is 16.6. The minimum atomic E-state index is 0.429. The van der Waals surface area contributed by atoms with Gasteiger partial charge < -0.3 is 9.75 Å². The van der Waals surface area contributed by atoms with E-state index in [0.717, 1.165) is 12.1 Å². The van der Waals surface area contributed by atoms with Crippen molar-refractivity contribution in [3.05, 3.63) is 0 Å². The molecule has 0 N–H and O–H groups in total. The van der Waals surface area contributed by atoms with E-state index in [1.807, 2.05) is 26.0 Å². The van der Waals surface area contributed by atoms with Crippen LogP contribution in [-0.4, -0.2) is 37.0 Å². The Kier molecular flexibility index (Phi) is 2.49. The first-order chi connectivity index (χ1) is 5.09. The zero-order chi connectivity index (χ0) is 8.43. The molecule has 0 aliphatic carbocycles. The smallest absolute Gasteiger partial charge is 0.0891 e. The average Bonchev–Trinajstić information content (AvgIpc) is 2.43. The molecule has 1 heterocycles. The van der Waals surface area contributed by atoms with Gasteiger partial charge in [0.15, 0.2) is 0 Å². The van der Waals surface area contributed by atoms with Crippen molar-refractivity contribution in [1.82, 2.24) is 5.01 Å². The fourth-order valence-electron chi connectivity index (χ4n) is 1.12. The first kappa shape index (κ1) is 8.53. The summed E-state index contributed by atoms with van der Waals surface area (Å²) in [6.45, 7) is 4.13. The van der Waals surface area contributed by atoms with Crippen molar-refractivity contribution in [3.8, 4) is 0 Å². The maximum absolute atomic E-state index is 5.27. The molecule has 0 aromatic heterocycles. The molecule has 0 aromatic rings. The zero-order valence-electron chi connectivity index (χ0n) is 7.66. The predicted molar refractivity (Wildman–Crippen MR) is 45.7 cm³/mol. The van der Waals surface area contributed by atoms with E-state index in [1.165, 1.54) is 0 Å². The molecule has 2 atom stereocenters. The van der Waals surface area contributed by atoms with E-state index >= 15 is 0 Å². The SMILES string of the molecule is CC(CC1OC1C)=NN(C)C. The Bertz CT molecular complexity index is 165. The molecule has 0 spiro atoms. The normalized spacial score (nSPS) is 30.4. The van der Waals surface area contributed by atoms with Crippen molar-refractivity contribution in [3.63, 3.8) is 0 Å². The van der Waals surface area contributed by atoms with E-state index in [-0.39, 0.29) is 0 Å². The summed E-state index contributed by atoms with van der Waals surface area (Å²) in [4.78, 5) is 0. The lowest BCUT2D eigenvalue weighted by molar-refractivity contribution is 0.380.